The number of carboxylic acid groups (broad SMARTS) is 1. The number of ether oxygens (including phenoxy) is 1. The SMILES string of the molecule is CC(C)N1CCN(CCCN2C(=O)OC(N3CCN(CCCC(=O)O)CC3)C2C)CC1. The normalized spacial score (nSPS) is 27.2. The zero-order valence-corrected chi connectivity index (χ0v) is 19.5. The van der Waals surface area contributed by atoms with E-state index >= 15 is 0 Å². The molecule has 3 rings (SSSR count). The minimum atomic E-state index is -0.733. The summed E-state index contributed by atoms with van der Waals surface area (Å²) in [6, 6.07) is 0.676. The van der Waals surface area contributed by atoms with Gasteiger partial charge in [-0.2, -0.15) is 0 Å². The molecule has 3 aliphatic rings. The smallest absolute Gasteiger partial charge is 0.411 e. The number of carboxylic acids is 1. The number of cyclic esters (lactones) is 1. The van der Waals surface area contributed by atoms with Gasteiger partial charge in [-0.25, -0.2) is 4.79 Å². The Labute approximate surface area is 186 Å². The van der Waals surface area contributed by atoms with E-state index in [1.807, 2.05) is 4.90 Å². The molecule has 9 heteroatoms. The van der Waals surface area contributed by atoms with Crippen LogP contribution in [-0.2, 0) is 9.53 Å². The highest BCUT2D eigenvalue weighted by Crippen LogP contribution is 2.24. The van der Waals surface area contributed by atoms with Gasteiger partial charge in [0.05, 0.1) is 6.04 Å². The number of aliphatic carboxylic acids is 1. The minimum absolute atomic E-state index is 0.0591. The first-order valence-corrected chi connectivity index (χ1v) is 12.0. The molecule has 0 radical (unpaired) electrons. The Hall–Kier alpha value is -1.42. The Kier molecular flexibility index (Phi) is 8.95. The number of hydrogen-bond acceptors (Lipinski definition) is 7. The van der Waals surface area contributed by atoms with Crippen LogP contribution in [0.1, 0.15) is 40.0 Å². The van der Waals surface area contributed by atoms with Crippen LogP contribution in [0.4, 0.5) is 4.79 Å². The lowest BCUT2D eigenvalue weighted by atomic mass is 10.2. The van der Waals surface area contributed by atoms with Crippen molar-refractivity contribution in [2.24, 2.45) is 0 Å². The second-order valence-corrected chi connectivity index (χ2v) is 9.41. The fourth-order valence-electron chi connectivity index (χ4n) is 4.93. The van der Waals surface area contributed by atoms with Crippen molar-refractivity contribution < 1.29 is 19.4 Å². The summed E-state index contributed by atoms with van der Waals surface area (Å²) in [6.45, 7) is 17.2. The minimum Gasteiger partial charge on any atom is -0.481 e. The third-order valence-corrected chi connectivity index (χ3v) is 7.00. The van der Waals surface area contributed by atoms with Crippen LogP contribution < -0.4 is 0 Å². The Morgan fingerprint density at radius 1 is 0.968 bits per heavy atom. The lowest BCUT2D eigenvalue weighted by molar-refractivity contribution is -0.137. The standard InChI is InChI=1S/C22H41N5O4/c1-18(2)25-14-10-24(11-15-25)8-5-9-27-19(3)21(31-22(27)30)26-16-12-23(13-17-26)7-4-6-20(28)29/h18-19,21H,4-17H2,1-3H3,(H,28,29). The second-order valence-electron chi connectivity index (χ2n) is 9.41. The van der Waals surface area contributed by atoms with E-state index < -0.39 is 5.97 Å². The molecule has 0 aromatic heterocycles. The van der Waals surface area contributed by atoms with Gasteiger partial charge in [0, 0.05) is 71.4 Å². The number of carbonyl (C=O) groups excluding carboxylic acids is 1. The van der Waals surface area contributed by atoms with Gasteiger partial charge in [-0.1, -0.05) is 0 Å². The molecule has 31 heavy (non-hydrogen) atoms. The van der Waals surface area contributed by atoms with E-state index in [1.54, 1.807) is 0 Å². The molecule has 0 bridgehead atoms. The zero-order chi connectivity index (χ0) is 22.4. The van der Waals surface area contributed by atoms with Gasteiger partial charge >= 0.3 is 12.1 Å². The highest BCUT2D eigenvalue weighted by molar-refractivity contribution is 5.70. The molecule has 0 aliphatic carbocycles. The summed E-state index contributed by atoms with van der Waals surface area (Å²) in [5.74, 6) is -0.733. The van der Waals surface area contributed by atoms with Crippen molar-refractivity contribution in [1.82, 2.24) is 24.5 Å². The van der Waals surface area contributed by atoms with Gasteiger partial charge in [-0.05, 0) is 46.7 Å². The van der Waals surface area contributed by atoms with Gasteiger partial charge in [0.25, 0.3) is 0 Å². The Bertz CT molecular complexity index is 588. The maximum absolute atomic E-state index is 12.5. The molecule has 3 aliphatic heterocycles. The van der Waals surface area contributed by atoms with Crippen molar-refractivity contribution in [3.05, 3.63) is 0 Å². The molecule has 0 saturated carbocycles. The number of rotatable bonds is 10. The van der Waals surface area contributed by atoms with Crippen molar-refractivity contribution in [3.8, 4) is 0 Å². The lowest BCUT2D eigenvalue weighted by Gasteiger charge is -2.38. The summed E-state index contributed by atoms with van der Waals surface area (Å²) < 4.78 is 5.75. The molecule has 2 atom stereocenters. The highest BCUT2D eigenvalue weighted by atomic mass is 16.6. The predicted molar refractivity (Wildman–Crippen MR) is 119 cm³/mol. The molecule has 178 valence electrons. The third-order valence-electron chi connectivity index (χ3n) is 7.00. The molecule has 1 amide bonds. The second kappa shape index (κ2) is 11.4. The maximum Gasteiger partial charge on any atom is 0.411 e. The third kappa shape index (κ3) is 6.78. The number of amides is 1. The van der Waals surface area contributed by atoms with Crippen LogP contribution in [-0.4, -0.2) is 132 Å². The highest BCUT2D eigenvalue weighted by Gasteiger charge is 2.42. The van der Waals surface area contributed by atoms with E-state index in [9.17, 15) is 9.59 Å². The molecule has 3 saturated heterocycles. The summed E-state index contributed by atoms with van der Waals surface area (Å²) in [5, 5.41) is 8.79. The predicted octanol–water partition coefficient (Wildman–Crippen LogP) is 1.05. The van der Waals surface area contributed by atoms with E-state index in [2.05, 4.69) is 40.4 Å². The summed E-state index contributed by atoms with van der Waals surface area (Å²) in [4.78, 5) is 34.7. The number of hydrogen-bond donors (Lipinski definition) is 1. The fraction of sp³-hybridized carbons (Fsp3) is 0.909. The van der Waals surface area contributed by atoms with Gasteiger partial charge in [0.15, 0.2) is 6.23 Å². The lowest BCUT2D eigenvalue weighted by Crippen LogP contribution is -2.53. The van der Waals surface area contributed by atoms with Crippen molar-refractivity contribution in [1.29, 1.82) is 0 Å². The average Bonchev–Trinajstić information content (AvgIpc) is 3.02. The number of piperazine rings is 2. The van der Waals surface area contributed by atoms with Crippen molar-refractivity contribution in [3.63, 3.8) is 0 Å². The van der Waals surface area contributed by atoms with Gasteiger partial charge in [-0.15, -0.1) is 0 Å². The summed E-state index contributed by atoms with van der Waals surface area (Å²) >= 11 is 0. The van der Waals surface area contributed by atoms with Crippen molar-refractivity contribution in [2.75, 3.05) is 72.0 Å². The van der Waals surface area contributed by atoms with Gasteiger partial charge in [0.1, 0.15) is 0 Å². The topological polar surface area (TPSA) is 79.8 Å². The molecule has 1 N–H and O–H groups in total. The fourth-order valence-corrected chi connectivity index (χ4v) is 4.93. The van der Waals surface area contributed by atoms with Crippen molar-refractivity contribution in [2.45, 2.75) is 58.3 Å². The Morgan fingerprint density at radius 3 is 2.13 bits per heavy atom. The van der Waals surface area contributed by atoms with E-state index in [0.29, 0.717) is 12.5 Å². The molecule has 0 aromatic rings. The van der Waals surface area contributed by atoms with Crippen LogP contribution in [0.15, 0.2) is 0 Å². The number of nitrogens with zero attached hydrogens (tertiary/aromatic N) is 5. The van der Waals surface area contributed by atoms with E-state index in [1.165, 1.54) is 0 Å². The molecule has 0 aromatic carbocycles. The number of carbonyl (C=O) groups is 2. The molecular formula is C22H41N5O4. The van der Waals surface area contributed by atoms with Gasteiger partial charge < -0.3 is 24.5 Å². The summed E-state index contributed by atoms with van der Waals surface area (Å²) in [6.07, 6.45) is 1.52. The largest absolute Gasteiger partial charge is 0.481 e. The van der Waals surface area contributed by atoms with E-state index in [0.717, 1.165) is 78.4 Å². The summed E-state index contributed by atoms with van der Waals surface area (Å²) in [7, 11) is 0. The van der Waals surface area contributed by atoms with Crippen LogP contribution in [0.2, 0.25) is 0 Å². The molecule has 9 nitrogen and oxygen atoms in total. The van der Waals surface area contributed by atoms with Crippen LogP contribution in [0, 0.1) is 0 Å². The van der Waals surface area contributed by atoms with Crippen LogP contribution in [0.3, 0.4) is 0 Å². The quantitative estimate of drug-likeness (QED) is 0.541. The van der Waals surface area contributed by atoms with Crippen LogP contribution >= 0.6 is 0 Å². The van der Waals surface area contributed by atoms with Gasteiger partial charge in [0.2, 0.25) is 0 Å². The first-order valence-electron chi connectivity index (χ1n) is 12.0. The zero-order valence-electron chi connectivity index (χ0n) is 19.5. The molecular weight excluding hydrogens is 398 g/mol. The summed E-state index contributed by atoms with van der Waals surface area (Å²) in [5.41, 5.74) is 0. The molecule has 3 fully saturated rings. The molecule has 0 spiro atoms. The van der Waals surface area contributed by atoms with E-state index in [-0.39, 0.29) is 24.8 Å². The molecule has 3 heterocycles. The average molecular weight is 440 g/mol. The van der Waals surface area contributed by atoms with Gasteiger partial charge in [-0.3, -0.25) is 14.6 Å². The van der Waals surface area contributed by atoms with Crippen LogP contribution in [0.25, 0.3) is 0 Å². The Morgan fingerprint density at radius 2 is 1.55 bits per heavy atom. The maximum atomic E-state index is 12.5. The first kappa shape index (κ1) is 24.2. The van der Waals surface area contributed by atoms with Crippen LogP contribution in [0.5, 0.6) is 0 Å². The first-order chi connectivity index (χ1) is 14.8. The molecule has 2 unspecified atom stereocenters. The Balaban J connectivity index is 1.36. The monoisotopic (exact) mass is 439 g/mol. The van der Waals surface area contributed by atoms with E-state index in [4.69, 9.17) is 9.84 Å². The van der Waals surface area contributed by atoms with Crippen molar-refractivity contribution >= 4 is 12.1 Å².